The van der Waals surface area contributed by atoms with E-state index in [1.54, 1.807) is 0 Å². The lowest BCUT2D eigenvalue weighted by molar-refractivity contribution is 0.0114. The third kappa shape index (κ3) is 3.22. The quantitative estimate of drug-likeness (QED) is 0.509. The molecule has 1 aromatic carbocycles. The molecule has 3 aromatic heterocycles. The van der Waals surface area contributed by atoms with E-state index in [0.717, 1.165) is 45.5 Å². The number of aliphatic hydroxyl groups is 1. The number of benzene rings is 1. The third-order valence-electron chi connectivity index (χ3n) is 6.74. The zero-order chi connectivity index (χ0) is 22.7. The van der Waals surface area contributed by atoms with Gasteiger partial charge in [-0.25, -0.2) is 4.98 Å². The summed E-state index contributed by atoms with van der Waals surface area (Å²) in [5.41, 5.74) is 4.15. The van der Waals surface area contributed by atoms with Crippen molar-refractivity contribution < 1.29 is 19.1 Å². The van der Waals surface area contributed by atoms with Crippen LogP contribution in [0.2, 0.25) is 0 Å². The maximum absolute atomic E-state index is 11.5. The molecule has 0 amide bonds. The van der Waals surface area contributed by atoms with Crippen LogP contribution in [0.15, 0.2) is 34.9 Å². The number of hydrogen-bond donors (Lipinski definition) is 1. The van der Waals surface area contributed by atoms with Crippen molar-refractivity contribution in [2.75, 3.05) is 24.8 Å². The zero-order valence-corrected chi connectivity index (χ0v) is 18.8. The predicted molar refractivity (Wildman–Crippen MR) is 121 cm³/mol. The van der Waals surface area contributed by atoms with E-state index >= 15 is 0 Å². The molecular formula is C24H25N5O4. The molecule has 170 valence electrons. The van der Waals surface area contributed by atoms with Gasteiger partial charge in [-0.2, -0.15) is 9.61 Å². The molecule has 0 unspecified atom stereocenters. The summed E-state index contributed by atoms with van der Waals surface area (Å²) >= 11 is 0. The number of aromatic nitrogens is 4. The SMILES string of the molecule is Cc1cc(-c2cc3nc(C)c(C)c(N4CCC(O)(c5ccc6c(c5)OCO6)CC4)n3n2)no1. The minimum absolute atomic E-state index is 0.224. The first-order chi connectivity index (χ1) is 15.9. The van der Waals surface area contributed by atoms with Crippen molar-refractivity contribution in [3.63, 3.8) is 0 Å². The lowest BCUT2D eigenvalue weighted by Crippen LogP contribution is -2.43. The lowest BCUT2D eigenvalue weighted by Gasteiger charge is -2.40. The van der Waals surface area contributed by atoms with Gasteiger partial charge in [0.2, 0.25) is 6.79 Å². The Morgan fingerprint density at radius 3 is 2.52 bits per heavy atom. The van der Waals surface area contributed by atoms with E-state index in [1.165, 1.54) is 0 Å². The fraction of sp³-hybridized carbons (Fsp3) is 0.375. The molecular weight excluding hydrogens is 422 g/mol. The average molecular weight is 447 g/mol. The van der Waals surface area contributed by atoms with Crippen LogP contribution in [-0.4, -0.2) is 44.7 Å². The van der Waals surface area contributed by atoms with Crippen molar-refractivity contribution in [1.29, 1.82) is 0 Å². The number of anilines is 1. The molecule has 0 radical (unpaired) electrons. The van der Waals surface area contributed by atoms with Crippen LogP contribution in [0, 0.1) is 20.8 Å². The molecule has 9 nitrogen and oxygen atoms in total. The molecule has 1 N–H and O–H groups in total. The number of ether oxygens (including phenoxy) is 2. The van der Waals surface area contributed by atoms with Crippen LogP contribution in [0.1, 0.15) is 35.4 Å². The van der Waals surface area contributed by atoms with Gasteiger partial charge in [-0.15, -0.1) is 0 Å². The van der Waals surface area contributed by atoms with Gasteiger partial charge in [0.05, 0.1) is 5.60 Å². The van der Waals surface area contributed by atoms with Crippen LogP contribution in [0.25, 0.3) is 17.0 Å². The number of nitrogens with zero attached hydrogens (tertiary/aromatic N) is 5. The second-order valence-corrected chi connectivity index (χ2v) is 8.85. The summed E-state index contributed by atoms with van der Waals surface area (Å²) < 4.78 is 18.0. The Bertz CT molecular complexity index is 1370. The van der Waals surface area contributed by atoms with Crippen LogP contribution >= 0.6 is 0 Å². The maximum Gasteiger partial charge on any atom is 0.231 e. The van der Waals surface area contributed by atoms with E-state index in [1.807, 2.05) is 48.7 Å². The van der Waals surface area contributed by atoms with Gasteiger partial charge in [-0.3, -0.25) is 0 Å². The lowest BCUT2D eigenvalue weighted by atomic mass is 9.84. The Labute approximate surface area is 190 Å². The first kappa shape index (κ1) is 20.0. The molecule has 0 bridgehead atoms. The summed E-state index contributed by atoms with van der Waals surface area (Å²) in [5.74, 6) is 3.15. The molecule has 33 heavy (non-hydrogen) atoms. The summed E-state index contributed by atoms with van der Waals surface area (Å²) in [7, 11) is 0. The summed E-state index contributed by atoms with van der Waals surface area (Å²) in [4.78, 5) is 7.01. The first-order valence-corrected chi connectivity index (χ1v) is 11.1. The minimum Gasteiger partial charge on any atom is -0.454 e. The summed E-state index contributed by atoms with van der Waals surface area (Å²) in [6.45, 7) is 7.53. The second kappa shape index (κ2) is 7.21. The Kier molecular flexibility index (Phi) is 4.38. The predicted octanol–water partition coefficient (Wildman–Crippen LogP) is 3.53. The standard InChI is InChI=1S/C24H25N5O4/c1-14-10-19(27-33-14)18-12-22-25-16(3)15(2)23(29(22)26-18)28-8-6-24(30,7-9-28)17-4-5-20-21(11-17)32-13-31-20/h4-5,10-12,30H,6-9,13H2,1-3H3. The van der Waals surface area contributed by atoms with E-state index < -0.39 is 5.60 Å². The van der Waals surface area contributed by atoms with Crippen molar-refractivity contribution in [1.82, 2.24) is 19.8 Å². The number of piperidine rings is 1. The highest BCUT2D eigenvalue weighted by Gasteiger charge is 2.36. The Hall–Kier alpha value is -3.59. The van der Waals surface area contributed by atoms with Gasteiger partial charge >= 0.3 is 0 Å². The van der Waals surface area contributed by atoms with Crippen LogP contribution in [0.3, 0.4) is 0 Å². The second-order valence-electron chi connectivity index (χ2n) is 8.85. The van der Waals surface area contributed by atoms with Crippen molar-refractivity contribution in [3.05, 3.63) is 52.9 Å². The van der Waals surface area contributed by atoms with Crippen LogP contribution < -0.4 is 14.4 Å². The molecule has 4 aromatic rings. The summed E-state index contributed by atoms with van der Waals surface area (Å²) in [6.07, 6.45) is 1.18. The molecule has 2 aliphatic rings. The molecule has 1 saturated heterocycles. The van der Waals surface area contributed by atoms with Gasteiger partial charge in [0.25, 0.3) is 0 Å². The zero-order valence-electron chi connectivity index (χ0n) is 18.8. The van der Waals surface area contributed by atoms with Crippen LogP contribution in [0.5, 0.6) is 11.5 Å². The van der Waals surface area contributed by atoms with Gasteiger partial charge in [0.15, 0.2) is 17.1 Å². The number of rotatable bonds is 3. The van der Waals surface area contributed by atoms with Gasteiger partial charge in [-0.1, -0.05) is 11.2 Å². The van der Waals surface area contributed by atoms with Crippen molar-refractivity contribution >= 4 is 11.5 Å². The Balaban J connectivity index is 1.32. The number of hydrogen-bond acceptors (Lipinski definition) is 8. The highest BCUT2D eigenvalue weighted by atomic mass is 16.7. The molecule has 1 fully saturated rings. The highest BCUT2D eigenvalue weighted by molar-refractivity contribution is 5.65. The smallest absolute Gasteiger partial charge is 0.231 e. The molecule has 0 atom stereocenters. The fourth-order valence-corrected chi connectivity index (χ4v) is 4.73. The number of aryl methyl sites for hydroxylation is 2. The summed E-state index contributed by atoms with van der Waals surface area (Å²) in [5, 5.41) is 20.4. The largest absolute Gasteiger partial charge is 0.454 e. The minimum atomic E-state index is -0.917. The van der Waals surface area contributed by atoms with E-state index in [2.05, 4.69) is 17.0 Å². The summed E-state index contributed by atoms with van der Waals surface area (Å²) in [6, 6.07) is 9.51. The molecule has 5 heterocycles. The molecule has 6 rings (SSSR count). The van der Waals surface area contributed by atoms with Crippen LogP contribution in [-0.2, 0) is 5.60 Å². The molecule has 0 aliphatic carbocycles. The highest BCUT2D eigenvalue weighted by Crippen LogP contribution is 2.40. The van der Waals surface area contributed by atoms with Gasteiger partial charge in [-0.05, 0) is 51.3 Å². The van der Waals surface area contributed by atoms with Gasteiger partial charge in [0.1, 0.15) is 23.0 Å². The van der Waals surface area contributed by atoms with Crippen molar-refractivity contribution in [2.24, 2.45) is 0 Å². The normalized spacial score (nSPS) is 17.2. The molecule has 9 heteroatoms. The van der Waals surface area contributed by atoms with E-state index in [0.29, 0.717) is 37.4 Å². The van der Waals surface area contributed by atoms with Crippen molar-refractivity contribution in [3.8, 4) is 22.9 Å². The molecule has 0 spiro atoms. The van der Waals surface area contributed by atoms with Gasteiger partial charge in [0, 0.05) is 36.5 Å². The maximum atomic E-state index is 11.5. The van der Waals surface area contributed by atoms with Gasteiger partial charge < -0.3 is 24.0 Å². The van der Waals surface area contributed by atoms with E-state index in [4.69, 9.17) is 24.1 Å². The van der Waals surface area contributed by atoms with E-state index in [-0.39, 0.29) is 6.79 Å². The fourth-order valence-electron chi connectivity index (χ4n) is 4.73. The average Bonchev–Trinajstić information content (AvgIpc) is 3.54. The first-order valence-electron chi connectivity index (χ1n) is 11.1. The van der Waals surface area contributed by atoms with Crippen LogP contribution in [0.4, 0.5) is 5.82 Å². The Morgan fingerprint density at radius 2 is 1.76 bits per heavy atom. The third-order valence-corrected chi connectivity index (χ3v) is 6.74. The van der Waals surface area contributed by atoms with E-state index in [9.17, 15) is 5.11 Å². The molecule has 0 saturated carbocycles. The number of fused-ring (bicyclic) bond motifs is 2. The monoisotopic (exact) mass is 447 g/mol. The topological polar surface area (TPSA) is 98.2 Å². The van der Waals surface area contributed by atoms with Crippen molar-refractivity contribution in [2.45, 2.75) is 39.2 Å². The molecule has 2 aliphatic heterocycles. The Morgan fingerprint density at radius 1 is 0.970 bits per heavy atom.